The number of likely N-dealkylation sites (tertiary alicyclic amines) is 1. The van der Waals surface area contributed by atoms with Crippen LogP contribution in [0.3, 0.4) is 0 Å². The second kappa shape index (κ2) is 9.30. The van der Waals surface area contributed by atoms with Gasteiger partial charge in [-0.05, 0) is 31.2 Å². The number of nitrogens with one attached hydrogen (secondary N) is 1. The number of amides is 2. The van der Waals surface area contributed by atoms with Gasteiger partial charge in [-0.2, -0.15) is 0 Å². The summed E-state index contributed by atoms with van der Waals surface area (Å²) in [4.78, 5) is 26.7. The highest BCUT2D eigenvalue weighted by Crippen LogP contribution is 2.27. The van der Waals surface area contributed by atoms with Gasteiger partial charge in [0.15, 0.2) is 0 Å². The van der Waals surface area contributed by atoms with Crippen molar-refractivity contribution in [1.82, 2.24) is 4.90 Å². The molecule has 0 saturated carbocycles. The number of benzene rings is 1. The molecule has 1 fully saturated rings. The Morgan fingerprint density at radius 3 is 2.61 bits per heavy atom. The topological polar surface area (TPSA) is 81.0 Å². The summed E-state index contributed by atoms with van der Waals surface area (Å²) in [6, 6.07) is 6.95. The maximum atomic E-state index is 12.5. The summed E-state index contributed by atoms with van der Waals surface area (Å²) in [6.45, 7) is 1.42. The summed E-state index contributed by atoms with van der Waals surface area (Å²) < 4.78 is 15.5. The zero-order valence-electron chi connectivity index (χ0n) is 16.3. The molecule has 0 bridgehead atoms. The molecule has 1 aromatic heterocycles. The van der Waals surface area contributed by atoms with Crippen molar-refractivity contribution in [1.29, 1.82) is 0 Å². The Bertz CT molecular complexity index is 781. The van der Waals surface area contributed by atoms with E-state index in [0.29, 0.717) is 41.6 Å². The fourth-order valence-electron chi connectivity index (χ4n) is 3.49. The van der Waals surface area contributed by atoms with Crippen molar-refractivity contribution in [3.05, 3.63) is 42.4 Å². The molecule has 1 aliphatic heterocycles. The molecule has 1 saturated heterocycles. The van der Waals surface area contributed by atoms with Gasteiger partial charge in [0.1, 0.15) is 17.8 Å². The van der Waals surface area contributed by atoms with Crippen LogP contribution in [0, 0.1) is 5.92 Å². The van der Waals surface area contributed by atoms with Crippen molar-refractivity contribution in [2.45, 2.75) is 25.7 Å². The molecule has 1 aromatic carbocycles. The minimum absolute atomic E-state index is 0.00798. The van der Waals surface area contributed by atoms with Crippen molar-refractivity contribution >= 4 is 17.5 Å². The zero-order valence-corrected chi connectivity index (χ0v) is 16.3. The van der Waals surface area contributed by atoms with E-state index in [1.807, 2.05) is 4.90 Å². The van der Waals surface area contributed by atoms with Crippen LogP contribution in [0.5, 0.6) is 11.5 Å². The molecule has 3 rings (SSSR count). The van der Waals surface area contributed by atoms with Gasteiger partial charge in [0, 0.05) is 43.4 Å². The van der Waals surface area contributed by atoms with Crippen LogP contribution in [0.1, 0.15) is 36.0 Å². The lowest BCUT2D eigenvalue weighted by atomic mass is 9.93. The van der Waals surface area contributed by atoms with Crippen LogP contribution in [0.25, 0.3) is 0 Å². The number of rotatable bonds is 7. The number of hydrogen-bond donors (Lipinski definition) is 1. The molecule has 0 unspecified atom stereocenters. The molecule has 7 nitrogen and oxygen atoms in total. The lowest BCUT2D eigenvalue weighted by molar-refractivity contribution is -0.116. The molecule has 0 radical (unpaired) electrons. The molecule has 0 spiro atoms. The molecule has 28 heavy (non-hydrogen) atoms. The van der Waals surface area contributed by atoms with Crippen molar-refractivity contribution < 1.29 is 23.5 Å². The van der Waals surface area contributed by atoms with Gasteiger partial charge in [0.25, 0.3) is 5.91 Å². The third-order valence-electron chi connectivity index (χ3n) is 4.99. The lowest BCUT2D eigenvalue weighted by Crippen LogP contribution is -2.40. The molecular formula is C21H26N2O5. The summed E-state index contributed by atoms with van der Waals surface area (Å²) in [7, 11) is 3.14. The first-order valence-electron chi connectivity index (χ1n) is 9.43. The monoisotopic (exact) mass is 386 g/mol. The summed E-state index contributed by atoms with van der Waals surface area (Å²) in [5, 5.41) is 2.90. The van der Waals surface area contributed by atoms with Gasteiger partial charge in [-0.25, -0.2) is 0 Å². The minimum Gasteiger partial charge on any atom is -0.497 e. The SMILES string of the molecule is COc1cc(NC(=O)CC[C@@H]2CCCN(C(=O)c3ccoc3)C2)cc(OC)c1. The first kappa shape index (κ1) is 19.8. The van der Waals surface area contributed by atoms with E-state index in [4.69, 9.17) is 13.9 Å². The number of piperidine rings is 1. The maximum absolute atomic E-state index is 12.5. The van der Waals surface area contributed by atoms with Crippen LogP contribution in [-0.4, -0.2) is 44.0 Å². The summed E-state index contributed by atoms with van der Waals surface area (Å²) in [6.07, 6.45) is 6.09. The Morgan fingerprint density at radius 1 is 1.21 bits per heavy atom. The Kier molecular flexibility index (Phi) is 6.57. The van der Waals surface area contributed by atoms with Gasteiger partial charge < -0.3 is 24.1 Å². The van der Waals surface area contributed by atoms with Crippen molar-refractivity contribution in [2.75, 3.05) is 32.6 Å². The number of nitrogens with zero attached hydrogens (tertiary/aromatic N) is 1. The normalized spacial score (nSPS) is 16.5. The molecule has 2 heterocycles. The number of carbonyl (C=O) groups is 2. The highest BCUT2D eigenvalue weighted by Gasteiger charge is 2.25. The fourth-order valence-corrected chi connectivity index (χ4v) is 3.49. The molecule has 1 atom stereocenters. The van der Waals surface area contributed by atoms with E-state index < -0.39 is 0 Å². The van der Waals surface area contributed by atoms with Crippen LogP contribution in [0.4, 0.5) is 5.69 Å². The molecule has 0 aliphatic carbocycles. The number of methoxy groups -OCH3 is 2. The molecule has 1 aliphatic rings. The highest BCUT2D eigenvalue weighted by atomic mass is 16.5. The summed E-state index contributed by atoms with van der Waals surface area (Å²) in [5.41, 5.74) is 1.21. The molecule has 7 heteroatoms. The van der Waals surface area contributed by atoms with Crippen LogP contribution in [-0.2, 0) is 4.79 Å². The average Bonchev–Trinajstić information content (AvgIpc) is 3.26. The zero-order chi connectivity index (χ0) is 19.9. The van der Waals surface area contributed by atoms with Crippen LogP contribution < -0.4 is 14.8 Å². The largest absolute Gasteiger partial charge is 0.497 e. The average molecular weight is 386 g/mol. The van der Waals surface area contributed by atoms with E-state index >= 15 is 0 Å². The highest BCUT2D eigenvalue weighted by molar-refractivity contribution is 5.94. The van der Waals surface area contributed by atoms with Crippen molar-refractivity contribution in [3.63, 3.8) is 0 Å². The molecule has 2 amide bonds. The Labute approximate surface area is 164 Å². The Balaban J connectivity index is 1.51. The smallest absolute Gasteiger partial charge is 0.257 e. The van der Waals surface area contributed by atoms with Crippen molar-refractivity contribution in [2.24, 2.45) is 5.92 Å². The Morgan fingerprint density at radius 2 is 1.96 bits per heavy atom. The number of anilines is 1. The standard InChI is InChI=1S/C21H26N2O5/c1-26-18-10-17(11-19(12-18)27-2)22-20(24)6-5-15-4-3-8-23(13-15)21(25)16-7-9-28-14-16/h7,9-12,14-15H,3-6,8,13H2,1-2H3,(H,22,24)/t15-/m0/s1. The van der Waals surface area contributed by atoms with Crippen LogP contribution in [0.2, 0.25) is 0 Å². The number of hydrogen-bond acceptors (Lipinski definition) is 5. The Hall–Kier alpha value is -2.96. The van der Waals surface area contributed by atoms with Gasteiger partial charge in [-0.3, -0.25) is 9.59 Å². The van der Waals surface area contributed by atoms with E-state index in [2.05, 4.69) is 5.32 Å². The number of carbonyl (C=O) groups excluding carboxylic acids is 2. The van der Waals surface area contributed by atoms with Crippen molar-refractivity contribution in [3.8, 4) is 11.5 Å². The number of ether oxygens (including phenoxy) is 2. The van der Waals surface area contributed by atoms with Gasteiger partial charge >= 0.3 is 0 Å². The van der Waals surface area contributed by atoms with Crippen LogP contribution in [0.15, 0.2) is 41.2 Å². The maximum Gasteiger partial charge on any atom is 0.257 e. The van der Waals surface area contributed by atoms with E-state index in [1.54, 1.807) is 38.5 Å². The molecular weight excluding hydrogens is 360 g/mol. The molecule has 2 aromatic rings. The van der Waals surface area contributed by atoms with E-state index in [0.717, 1.165) is 25.8 Å². The lowest BCUT2D eigenvalue weighted by Gasteiger charge is -2.32. The summed E-state index contributed by atoms with van der Waals surface area (Å²) in [5.74, 6) is 1.49. The van der Waals surface area contributed by atoms with E-state index in [9.17, 15) is 9.59 Å². The third-order valence-corrected chi connectivity index (χ3v) is 4.99. The quantitative estimate of drug-likeness (QED) is 0.787. The minimum atomic E-state index is -0.0615. The van der Waals surface area contributed by atoms with Gasteiger partial charge in [0.2, 0.25) is 5.91 Å². The molecule has 150 valence electrons. The fraction of sp³-hybridized carbons (Fsp3) is 0.429. The van der Waals surface area contributed by atoms with E-state index in [1.165, 1.54) is 12.5 Å². The van der Waals surface area contributed by atoms with Gasteiger partial charge in [0.05, 0.1) is 26.0 Å². The van der Waals surface area contributed by atoms with Crippen LogP contribution >= 0.6 is 0 Å². The third kappa shape index (κ3) is 5.06. The van der Waals surface area contributed by atoms with E-state index in [-0.39, 0.29) is 11.8 Å². The number of furan rings is 1. The summed E-state index contributed by atoms with van der Waals surface area (Å²) >= 11 is 0. The van der Waals surface area contributed by atoms with Gasteiger partial charge in [-0.1, -0.05) is 0 Å². The first-order valence-corrected chi connectivity index (χ1v) is 9.43. The first-order chi connectivity index (χ1) is 13.6. The van der Waals surface area contributed by atoms with Gasteiger partial charge in [-0.15, -0.1) is 0 Å². The predicted molar refractivity (Wildman–Crippen MR) is 105 cm³/mol. The second-order valence-corrected chi connectivity index (χ2v) is 6.96. The predicted octanol–water partition coefficient (Wildman–Crippen LogP) is 3.57. The molecule has 1 N–H and O–H groups in total. The second-order valence-electron chi connectivity index (χ2n) is 6.96.